The highest BCUT2D eigenvalue weighted by Gasteiger charge is 2.52. The summed E-state index contributed by atoms with van der Waals surface area (Å²) in [5.41, 5.74) is -4.66. The van der Waals surface area contributed by atoms with Crippen LogP contribution in [-0.4, -0.2) is 62.6 Å². The first-order valence-electron chi connectivity index (χ1n) is 18.3. The van der Waals surface area contributed by atoms with Crippen LogP contribution in [0.3, 0.4) is 0 Å². The molecule has 4 N–H and O–H groups in total. The van der Waals surface area contributed by atoms with E-state index < -0.39 is 51.3 Å². The molecule has 4 rings (SSSR count). The van der Waals surface area contributed by atoms with E-state index in [0.29, 0.717) is 45.3 Å². The van der Waals surface area contributed by atoms with Crippen LogP contribution in [-0.2, 0) is 20.8 Å². The SMILES string of the molecule is COc1ccc(C(O)(c2ccc(OC)cc2)[C@H](NC(=O)C(C)(C)C(=O)N[C@H](C(C)(C)C)C(O)(c2ccc(OC)cc2)c2ccc(OC)cc2)C(C)(C)C)cc1. The summed E-state index contributed by atoms with van der Waals surface area (Å²) in [4.78, 5) is 29.2. The van der Waals surface area contributed by atoms with E-state index >= 15 is 0 Å². The third kappa shape index (κ3) is 8.76. The molecule has 10 heteroatoms. The zero-order valence-electron chi connectivity index (χ0n) is 34.2. The first kappa shape index (κ1) is 42.7. The molecule has 0 unspecified atom stereocenters. The summed E-state index contributed by atoms with van der Waals surface area (Å²) in [5.74, 6) is 1.19. The summed E-state index contributed by atoms with van der Waals surface area (Å²) in [5, 5.41) is 32.2. The van der Waals surface area contributed by atoms with E-state index in [0.717, 1.165) is 0 Å². The Kier molecular flexibility index (Phi) is 12.7. The molecule has 0 bridgehead atoms. The van der Waals surface area contributed by atoms with Crippen LogP contribution < -0.4 is 29.6 Å². The number of ether oxygens (including phenoxy) is 4. The van der Waals surface area contributed by atoms with Crippen molar-refractivity contribution in [3.8, 4) is 23.0 Å². The van der Waals surface area contributed by atoms with E-state index in [9.17, 15) is 19.8 Å². The minimum Gasteiger partial charge on any atom is -0.497 e. The molecule has 4 aromatic carbocycles. The largest absolute Gasteiger partial charge is 0.497 e. The van der Waals surface area contributed by atoms with Gasteiger partial charge in [0.25, 0.3) is 0 Å². The lowest BCUT2D eigenvalue weighted by Crippen LogP contribution is -2.64. The Morgan fingerprint density at radius 1 is 0.436 bits per heavy atom. The second kappa shape index (κ2) is 16.4. The van der Waals surface area contributed by atoms with Gasteiger partial charge in [0.05, 0.1) is 40.5 Å². The summed E-state index contributed by atoms with van der Waals surface area (Å²) in [6.45, 7) is 14.6. The molecule has 2 atom stereocenters. The summed E-state index contributed by atoms with van der Waals surface area (Å²) in [6.07, 6.45) is 0. The summed E-state index contributed by atoms with van der Waals surface area (Å²) in [6, 6.07) is 26.2. The van der Waals surface area contributed by atoms with Crippen molar-refractivity contribution in [2.75, 3.05) is 28.4 Å². The first-order chi connectivity index (χ1) is 25.7. The highest BCUT2D eigenvalue weighted by Crippen LogP contribution is 2.44. The Morgan fingerprint density at radius 2 is 0.636 bits per heavy atom. The molecule has 0 saturated carbocycles. The number of hydrogen-bond acceptors (Lipinski definition) is 8. The van der Waals surface area contributed by atoms with E-state index in [1.165, 1.54) is 13.8 Å². The second-order valence-electron chi connectivity index (χ2n) is 16.6. The molecule has 10 nitrogen and oxygen atoms in total. The molecule has 0 fully saturated rings. The van der Waals surface area contributed by atoms with Gasteiger partial charge in [-0.05, 0) is 95.5 Å². The van der Waals surface area contributed by atoms with Crippen molar-refractivity contribution in [1.29, 1.82) is 0 Å². The first-order valence-corrected chi connectivity index (χ1v) is 18.3. The Bertz CT molecular complexity index is 1660. The van der Waals surface area contributed by atoms with Crippen molar-refractivity contribution in [2.24, 2.45) is 16.2 Å². The molecule has 296 valence electrons. The van der Waals surface area contributed by atoms with Gasteiger partial charge in [-0.25, -0.2) is 0 Å². The van der Waals surface area contributed by atoms with Crippen LogP contribution >= 0.6 is 0 Å². The maximum absolute atomic E-state index is 14.6. The number of benzene rings is 4. The molecule has 0 aliphatic rings. The van der Waals surface area contributed by atoms with Crippen molar-refractivity contribution in [1.82, 2.24) is 10.6 Å². The standard InChI is InChI=1S/C45H58N2O8/c1-41(2,3)37(44(50,29-13-21-33(52-9)22-14-29)30-15-23-34(53-10)24-16-30)46-39(48)43(7,8)40(49)47-38(42(4,5)6)45(51,31-17-25-35(54-11)26-18-31)32-19-27-36(55-12)28-20-32/h13-28,37-38,50-51H,1-12H3,(H,46,48)(H,47,49)/t37-,38-/m1/s1. The fraction of sp³-hybridized carbons (Fsp3) is 0.422. The lowest BCUT2D eigenvalue weighted by Gasteiger charge is -2.47. The van der Waals surface area contributed by atoms with Crippen molar-refractivity contribution in [3.63, 3.8) is 0 Å². The molecule has 0 aliphatic heterocycles. The number of carbonyl (C=O) groups is 2. The normalized spacial score (nSPS) is 13.6. The van der Waals surface area contributed by atoms with E-state index in [2.05, 4.69) is 10.6 Å². The van der Waals surface area contributed by atoms with E-state index in [-0.39, 0.29) is 0 Å². The quantitative estimate of drug-likeness (QED) is 0.101. The fourth-order valence-electron chi connectivity index (χ4n) is 7.00. The second-order valence-corrected chi connectivity index (χ2v) is 16.6. The number of nitrogens with one attached hydrogen (secondary N) is 2. The summed E-state index contributed by atoms with van der Waals surface area (Å²) >= 11 is 0. The van der Waals surface area contributed by atoms with Gasteiger partial charge in [-0.3, -0.25) is 9.59 Å². The number of hydrogen-bond donors (Lipinski definition) is 4. The maximum Gasteiger partial charge on any atom is 0.235 e. The molecule has 55 heavy (non-hydrogen) atoms. The average molecular weight is 755 g/mol. The smallest absolute Gasteiger partial charge is 0.235 e. The summed E-state index contributed by atoms with van der Waals surface area (Å²) < 4.78 is 21.6. The van der Waals surface area contributed by atoms with Crippen LogP contribution in [0.15, 0.2) is 97.1 Å². The Hall–Kier alpha value is -5.06. The molecular weight excluding hydrogens is 697 g/mol. The third-order valence-corrected chi connectivity index (χ3v) is 10.4. The van der Waals surface area contributed by atoms with Crippen molar-refractivity contribution in [3.05, 3.63) is 119 Å². The molecule has 0 heterocycles. The van der Waals surface area contributed by atoms with Crippen LogP contribution in [0.4, 0.5) is 0 Å². The molecule has 0 aliphatic carbocycles. The minimum absolute atomic E-state index is 0.512. The lowest BCUT2D eigenvalue weighted by molar-refractivity contribution is -0.146. The predicted octanol–water partition coefficient (Wildman–Crippen LogP) is 6.98. The van der Waals surface area contributed by atoms with Gasteiger partial charge in [0.2, 0.25) is 11.8 Å². The van der Waals surface area contributed by atoms with Crippen molar-refractivity contribution >= 4 is 11.8 Å². The van der Waals surface area contributed by atoms with E-state index in [1.54, 1.807) is 126 Å². The van der Waals surface area contributed by atoms with Crippen LogP contribution in [0.1, 0.15) is 77.6 Å². The zero-order valence-corrected chi connectivity index (χ0v) is 34.2. The van der Waals surface area contributed by atoms with Gasteiger partial charge in [0.1, 0.15) is 39.6 Å². The number of carbonyl (C=O) groups excluding carboxylic acids is 2. The Labute approximate surface area is 326 Å². The number of aliphatic hydroxyl groups is 2. The lowest BCUT2D eigenvalue weighted by atomic mass is 9.68. The molecular formula is C45H58N2O8. The molecule has 0 saturated heterocycles. The molecule has 4 aromatic rings. The maximum atomic E-state index is 14.6. The summed E-state index contributed by atoms with van der Waals surface area (Å²) in [7, 11) is 6.26. The van der Waals surface area contributed by atoms with E-state index in [1.807, 2.05) is 41.5 Å². The number of rotatable bonds is 14. The Morgan fingerprint density at radius 3 is 0.800 bits per heavy atom. The topological polar surface area (TPSA) is 136 Å². The molecule has 0 radical (unpaired) electrons. The van der Waals surface area contributed by atoms with Crippen LogP contribution in [0.25, 0.3) is 0 Å². The van der Waals surface area contributed by atoms with Crippen LogP contribution in [0, 0.1) is 16.2 Å². The highest BCUT2D eigenvalue weighted by molar-refractivity contribution is 6.04. The van der Waals surface area contributed by atoms with Gasteiger partial charge in [-0.15, -0.1) is 0 Å². The van der Waals surface area contributed by atoms with Crippen LogP contribution in [0.2, 0.25) is 0 Å². The van der Waals surface area contributed by atoms with Gasteiger partial charge in [-0.2, -0.15) is 0 Å². The van der Waals surface area contributed by atoms with E-state index in [4.69, 9.17) is 18.9 Å². The highest BCUT2D eigenvalue weighted by atomic mass is 16.5. The van der Waals surface area contributed by atoms with Gasteiger partial charge < -0.3 is 39.8 Å². The van der Waals surface area contributed by atoms with Gasteiger partial charge >= 0.3 is 0 Å². The van der Waals surface area contributed by atoms with Crippen molar-refractivity contribution in [2.45, 2.75) is 78.7 Å². The average Bonchev–Trinajstić information content (AvgIpc) is 3.17. The molecule has 0 aromatic heterocycles. The van der Waals surface area contributed by atoms with Crippen molar-refractivity contribution < 1.29 is 38.7 Å². The van der Waals surface area contributed by atoms with Gasteiger partial charge in [0, 0.05) is 0 Å². The predicted molar refractivity (Wildman–Crippen MR) is 215 cm³/mol. The molecule has 0 spiro atoms. The number of methoxy groups -OCH3 is 4. The monoisotopic (exact) mass is 754 g/mol. The third-order valence-electron chi connectivity index (χ3n) is 10.4. The van der Waals surface area contributed by atoms with Gasteiger partial charge in [0.15, 0.2) is 0 Å². The molecule has 2 amide bonds. The van der Waals surface area contributed by atoms with Crippen LogP contribution in [0.5, 0.6) is 23.0 Å². The van der Waals surface area contributed by atoms with Gasteiger partial charge in [-0.1, -0.05) is 90.1 Å². The minimum atomic E-state index is -1.77. The zero-order chi connectivity index (χ0) is 41.0. The fourth-order valence-corrected chi connectivity index (χ4v) is 7.00. The number of amides is 2. The Balaban J connectivity index is 1.79.